The topological polar surface area (TPSA) is 73.6 Å². The lowest BCUT2D eigenvalue weighted by Gasteiger charge is -2.40. The molecular weight excluding hydrogens is 326 g/mol. The van der Waals surface area contributed by atoms with E-state index in [0.29, 0.717) is 30.3 Å². The zero-order valence-corrected chi connectivity index (χ0v) is 14.8. The Balaban J connectivity index is 1.72. The molecule has 2 saturated heterocycles. The van der Waals surface area contributed by atoms with Crippen LogP contribution in [0.25, 0.3) is 0 Å². The summed E-state index contributed by atoms with van der Waals surface area (Å²) in [6.45, 7) is 5.85. The van der Waals surface area contributed by atoms with E-state index in [4.69, 9.17) is 10.00 Å². The highest BCUT2D eigenvalue weighted by atomic mass is 32.2. The molecule has 2 fully saturated rings. The Bertz CT molecular complexity index is 728. The highest BCUT2D eigenvalue weighted by Crippen LogP contribution is 2.24. The first-order chi connectivity index (χ1) is 11.5. The van der Waals surface area contributed by atoms with Crippen molar-refractivity contribution >= 4 is 10.0 Å². The molecule has 0 aromatic heterocycles. The summed E-state index contributed by atoms with van der Waals surface area (Å²) in [5.41, 5.74) is 1.06. The average molecular weight is 349 g/mol. The number of hydrogen-bond donors (Lipinski definition) is 0. The summed E-state index contributed by atoms with van der Waals surface area (Å²) in [5, 5.41) is 9.03. The zero-order chi connectivity index (χ0) is 17.2. The van der Waals surface area contributed by atoms with Crippen molar-refractivity contribution in [3.8, 4) is 6.07 Å². The van der Waals surface area contributed by atoms with Crippen molar-refractivity contribution in [2.45, 2.75) is 30.7 Å². The van der Waals surface area contributed by atoms with Gasteiger partial charge in [0.05, 0.1) is 16.5 Å². The van der Waals surface area contributed by atoms with Gasteiger partial charge in [0.25, 0.3) is 0 Å². The molecule has 3 rings (SSSR count). The van der Waals surface area contributed by atoms with Crippen molar-refractivity contribution in [3.05, 3.63) is 29.3 Å². The minimum Gasteiger partial charge on any atom is -0.381 e. The highest BCUT2D eigenvalue weighted by molar-refractivity contribution is 7.89. The first kappa shape index (κ1) is 17.4. The van der Waals surface area contributed by atoms with E-state index in [-0.39, 0.29) is 4.90 Å². The lowest BCUT2D eigenvalue weighted by Crippen LogP contribution is -2.53. The Morgan fingerprint density at radius 1 is 1.17 bits per heavy atom. The van der Waals surface area contributed by atoms with Crippen LogP contribution in [0, 0.1) is 18.3 Å². The van der Waals surface area contributed by atoms with Gasteiger partial charge >= 0.3 is 0 Å². The van der Waals surface area contributed by atoms with E-state index in [1.165, 1.54) is 6.07 Å². The van der Waals surface area contributed by atoms with Crippen LogP contribution in [-0.4, -0.2) is 63.1 Å². The van der Waals surface area contributed by atoms with Gasteiger partial charge in [0, 0.05) is 45.4 Å². The van der Waals surface area contributed by atoms with Gasteiger partial charge in [-0.15, -0.1) is 0 Å². The number of nitrogens with zero attached hydrogens (tertiary/aromatic N) is 3. The molecule has 0 amide bonds. The summed E-state index contributed by atoms with van der Waals surface area (Å²) in [5.74, 6) is 0. The zero-order valence-electron chi connectivity index (χ0n) is 13.9. The lowest BCUT2D eigenvalue weighted by molar-refractivity contribution is 0.0229. The molecule has 2 aliphatic rings. The molecule has 2 heterocycles. The maximum Gasteiger partial charge on any atom is 0.243 e. The lowest BCUT2D eigenvalue weighted by atomic mass is 10.1. The Morgan fingerprint density at radius 2 is 1.83 bits per heavy atom. The number of ether oxygens (including phenoxy) is 1. The van der Waals surface area contributed by atoms with Crippen LogP contribution in [0.1, 0.15) is 24.0 Å². The molecule has 0 atom stereocenters. The van der Waals surface area contributed by atoms with Crippen LogP contribution in [0.2, 0.25) is 0 Å². The van der Waals surface area contributed by atoms with E-state index in [1.54, 1.807) is 23.4 Å². The summed E-state index contributed by atoms with van der Waals surface area (Å²) < 4.78 is 32.8. The maximum atomic E-state index is 12.9. The van der Waals surface area contributed by atoms with E-state index in [0.717, 1.165) is 39.1 Å². The van der Waals surface area contributed by atoms with Crippen molar-refractivity contribution in [1.29, 1.82) is 5.26 Å². The Hall–Kier alpha value is -1.46. The van der Waals surface area contributed by atoms with Gasteiger partial charge in [-0.1, -0.05) is 6.07 Å². The Kier molecular flexibility index (Phi) is 5.21. The fourth-order valence-electron chi connectivity index (χ4n) is 3.45. The van der Waals surface area contributed by atoms with Crippen LogP contribution in [0.5, 0.6) is 0 Å². The summed E-state index contributed by atoms with van der Waals surface area (Å²) in [6, 6.07) is 7.35. The van der Waals surface area contributed by atoms with E-state index >= 15 is 0 Å². The molecule has 0 N–H and O–H groups in total. The minimum absolute atomic E-state index is 0.251. The normalized spacial score (nSPS) is 21.5. The van der Waals surface area contributed by atoms with Crippen molar-refractivity contribution < 1.29 is 13.2 Å². The monoisotopic (exact) mass is 349 g/mol. The van der Waals surface area contributed by atoms with E-state index < -0.39 is 10.0 Å². The molecule has 6 nitrogen and oxygen atoms in total. The van der Waals surface area contributed by atoms with Crippen LogP contribution < -0.4 is 0 Å². The largest absolute Gasteiger partial charge is 0.381 e. The fraction of sp³-hybridized carbons (Fsp3) is 0.588. The van der Waals surface area contributed by atoms with Gasteiger partial charge < -0.3 is 4.74 Å². The third-order valence-electron chi connectivity index (χ3n) is 4.92. The van der Waals surface area contributed by atoms with Gasteiger partial charge in [0.15, 0.2) is 0 Å². The van der Waals surface area contributed by atoms with E-state index in [2.05, 4.69) is 4.90 Å². The molecule has 0 spiro atoms. The van der Waals surface area contributed by atoms with Gasteiger partial charge in [0.1, 0.15) is 0 Å². The highest BCUT2D eigenvalue weighted by Gasteiger charge is 2.32. The molecule has 0 aliphatic carbocycles. The van der Waals surface area contributed by atoms with Crippen LogP contribution >= 0.6 is 0 Å². The number of nitriles is 1. The average Bonchev–Trinajstić information content (AvgIpc) is 2.63. The summed E-state index contributed by atoms with van der Waals surface area (Å²) in [6.07, 6.45) is 2.05. The first-order valence-electron chi connectivity index (χ1n) is 8.35. The van der Waals surface area contributed by atoms with Crippen molar-refractivity contribution in [1.82, 2.24) is 9.21 Å². The summed E-state index contributed by atoms with van der Waals surface area (Å²) >= 11 is 0. The molecular formula is C17H23N3O3S. The summed E-state index contributed by atoms with van der Waals surface area (Å²) in [7, 11) is -3.55. The fourth-order valence-corrected chi connectivity index (χ4v) is 5.12. The predicted octanol–water partition coefficient (Wildman–Crippen LogP) is 1.35. The molecule has 0 unspecified atom stereocenters. The molecule has 1 aromatic rings. The summed E-state index contributed by atoms with van der Waals surface area (Å²) in [4.78, 5) is 2.63. The minimum atomic E-state index is -3.55. The van der Waals surface area contributed by atoms with Crippen molar-refractivity contribution in [3.63, 3.8) is 0 Å². The second kappa shape index (κ2) is 7.19. The Labute approximate surface area is 143 Å². The molecule has 24 heavy (non-hydrogen) atoms. The third kappa shape index (κ3) is 3.47. The van der Waals surface area contributed by atoms with Crippen LogP contribution in [0.4, 0.5) is 0 Å². The first-order valence-corrected chi connectivity index (χ1v) is 9.79. The van der Waals surface area contributed by atoms with Gasteiger partial charge in [-0.25, -0.2) is 8.42 Å². The quantitative estimate of drug-likeness (QED) is 0.824. The number of benzene rings is 1. The van der Waals surface area contributed by atoms with Crippen LogP contribution in [0.15, 0.2) is 23.1 Å². The number of piperazine rings is 1. The number of sulfonamides is 1. The second-order valence-corrected chi connectivity index (χ2v) is 8.28. The predicted molar refractivity (Wildman–Crippen MR) is 90.1 cm³/mol. The molecule has 1 aromatic carbocycles. The second-order valence-electron chi connectivity index (χ2n) is 6.38. The number of hydrogen-bond acceptors (Lipinski definition) is 5. The maximum absolute atomic E-state index is 12.9. The molecule has 7 heteroatoms. The van der Waals surface area contributed by atoms with Gasteiger partial charge in [-0.2, -0.15) is 9.57 Å². The third-order valence-corrected chi connectivity index (χ3v) is 6.96. The molecule has 0 bridgehead atoms. The van der Waals surface area contributed by atoms with Crippen LogP contribution in [0.3, 0.4) is 0 Å². The van der Waals surface area contributed by atoms with Gasteiger partial charge in [-0.05, 0) is 37.5 Å². The molecule has 2 aliphatic heterocycles. The van der Waals surface area contributed by atoms with E-state index in [9.17, 15) is 8.42 Å². The van der Waals surface area contributed by atoms with Crippen molar-refractivity contribution in [2.24, 2.45) is 0 Å². The molecule has 130 valence electrons. The SMILES string of the molecule is Cc1ccc(C#N)cc1S(=O)(=O)N1CCN(C2CCOCC2)CC1. The van der Waals surface area contributed by atoms with Crippen molar-refractivity contribution in [2.75, 3.05) is 39.4 Å². The molecule has 0 saturated carbocycles. The number of aryl methyl sites for hydroxylation is 1. The number of rotatable bonds is 3. The molecule has 0 radical (unpaired) electrons. The van der Waals surface area contributed by atoms with E-state index in [1.807, 2.05) is 6.07 Å². The van der Waals surface area contributed by atoms with Gasteiger partial charge in [-0.3, -0.25) is 4.90 Å². The standard InChI is InChI=1S/C17H23N3O3S/c1-14-2-3-15(13-18)12-17(14)24(21,22)20-8-6-19(7-9-20)16-4-10-23-11-5-16/h2-3,12,16H,4-11H2,1H3. The Morgan fingerprint density at radius 3 is 2.46 bits per heavy atom. The van der Waals surface area contributed by atoms with Crippen LogP contribution in [-0.2, 0) is 14.8 Å². The van der Waals surface area contributed by atoms with Gasteiger partial charge in [0.2, 0.25) is 10.0 Å². The smallest absolute Gasteiger partial charge is 0.243 e.